The highest BCUT2D eigenvalue weighted by atomic mass is 127. The lowest BCUT2D eigenvalue weighted by Crippen LogP contribution is -2.42. The molecule has 0 bridgehead atoms. The number of carbonyl (C=O) groups excluding carboxylic acids is 1. The minimum Gasteiger partial charge on any atom is -0.493 e. The molecule has 7 nitrogen and oxygen atoms in total. The van der Waals surface area contributed by atoms with E-state index in [1.54, 1.807) is 14.2 Å². The molecule has 1 unspecified atom stereocenters. The van der Waals surface area contributed by atoms with Crippen molar-refractivity contribution in [3.05, 3.63) is 23.8 Å². The minimum absolute atomic E-state index is 0. The number of halogens is 1. The van der Waals surface area contributed by atoms with Crippen LogP contribution in [0.5, 0.6) is 11.5 Å². The highest BCUT2D eigenvalue weighted by Crippen LogP contribution is 2.28. The van der Waals surface area contributed by atoms with Gasteiger partial charge in [-0.2, -0.15) is 0 Å². The van der Waals surface area contributed by atoms with Crippen LogP contribution >= 0.6 is 24.0 Å². The van der Waals surface area contributed by atoms with Gasteiger partial charge in [-0.1, -0.05) is 13.0 Å². The van der Waals surface area contributed by atoms with Gasteiger partial charge in [-0.25, -0.2) is 0 Å². The largest absolute Gasteiger partial charge is 0.493 e. The molecule has 1 aromatic rings. The average molecular weight is 546 g/mol. The van der Waals surface area contributed by atoms with E-state index in [4.69, 9.17) is 9.47 Å². The predicted molar refractivity (Wildman–Crippen MR) is 137 cm³/mol. The van der Waals surface area contributed by atoms with Crippen LogP contribution in [0.3, 0.4) is 0 Å². The number of nitrogens with one attached hydrogen (secondary N) is 2. The summed E-state index contributed by atoms with van der Waals surface area (Å²) in [6.45, 7) is 7.28. The molecule has 1 saturated heterocycles. The molecule has 1 amide bonds. The van der Waals surface area contributed by atoms with Crippen LogP contribution in [-0.4, -0.2) is 63.2 Å². The van der Waals surface area contributed by atoms with Crippen molar-refractivity contribution < 1.29 is 14.3 Å². The second-order valence-electron chi connectivity index (χ2n) is 7.49. The van der Waals surface area contributed by atoms with Crippen molar-refractivity contribution in [2.45, 2.75) is 58.4 Å². The van der Waals surface area contributed by atoms with Crippen LogP contribution in [0.15, 0.2) is 23.2 Å². The summed E-state index contributed by atoms with van der Waals surface area (Å²) in [5.74, 6) is 2.67. The Hall–Kier alpha value is -1.71. The summed E-state index contributed by atoms with van der Waals surface area (Å²) in [4.78, 5) is 18.3. The van der Waals surface area contributed by atoms with E-state index in [1.807, 2.05) is 17.9 Å². The van der Waals surface area contributed by atoms with Crippen molar-refractivity contribution in [2.75, 3.05) is 40.4 Å². The van der Waals surface area contributed by atoms with E-state index in [1.165, 1.54) is 5.56 Å². The fraction of sp³-hybridized carbons (Fsp3) is 0.652. The molecule has 0 saturated carbocycles. The Kier molecular flexibility index (Phi) is 13.4. The lowest BCUT2D eigenvalue weighted by molar-refractivity contribution is -0.129. The Labute approximate surface area is 204 Å². The maximum Gasteiger partial charge on any atom is 0.222 e. The van der Waals surface area contributed by atoms with Crippen LogP contribution in [0.4, 0.5) is 0 Å². The summed E-state index contributed by atoms with van der Waals surface area (Å²) in [5, 5.41) is 6.75. The van der Waals surface area contributed by atoms with Gasteiger partial charge in [-0.3, -0.25) is 9.79 Å². The first kappa shape index (κ1) is 27.3. The maximum atomic E-state index is 12.0. The highest BCUT2D eigenvalue weighted by Gasteiger charge is 2.26. The first-order valence-corrected chi connectivity index (χ1v) is 11.2. The minimum atomic E-state index is 0. The quantitative estimate of drug-likeness (QED) is 0.182. The zero-order valence-corrected chi connectivity index (χ0v) is 21.7. The summed E-state index contributed by atoms with van der Waals surface area (Å²) >= 11 is 0. The number of likely N-dealkylation sites (tertiary alicyclic amines) is 1. The molecule has 8 heteroatoms. The molecule has 2 rings (SSSR count). The van der Waals surface area contributed by atoms with Gasteiger partial charge in [0.25, 0.3) is 0 Å². The van der Waals surface area contributed by atoms with Crippen LogP contribution < -0.4 is 20.1 Å². The van der Waals surface area contributed by atoms with Crippen molar-refractivity contribution >= 4 is 35.8 Å². The van der Waals surface area contributed by atoms with Gasteiger partial charge in [-0.15, -0.1) is 24.0 Å². The summed E-state index contributed by atoms with van der Waals surface area (Å²) in [5.41, 5.74) is 1.23. The van der Waals surface area contributed by atoms with E-state index in [0.717, 1.165) is 69.2 Å². The Bertz CT molecular complexity index is 699. The average Bonchev–Trinajstić information content (AvgIpc) is 3.18. The number of ether oxygens (including phenoxy) is 2. The molecule has 1 heterocycles. The molecule has 2 N–H and O–H groups in total. The van der Waals surface area contributed by atoms with Crippen LogP contribution in [-0.2, 0) is 11.2 Å². The maximum absolute atomic E-state index is 12.0. The van der Waals surface area contributed by atoms with Gasteiger partial charge in [-0.05, 0) is 56.7 Å². The van der Waals surface area contributed by atoms with Crippen molar-refractivity contribution in [1.29, 1.82) is 0 Å². The van der Waals surface area contributed by atoms with E-state index in [-0.39, 0.29) is 24.0 Å². The number of hydrogen-bond donors (Lipinski definition) is 2. The molecule has 1 fully saturated rings. The van der Waals surface area contributed by atoms with Gasteiger partial charge in [0, 0.05) is 39.1 Å². The van der Waals surface area contributed by atoms with Gasteiger partial charge in [0.1, 0.15) is 0 Å². The standard InChI is InChI=1S/C23H38N4O3.HI/c1-5-19(27-16-8-10-22(27)28)13-15-26-23(24-3)25-14-7-9-18-11-12-20(29-4)21(17-18)30-6-2;/h11-12,17,19H,5-10,13-16H2,1-4H3,(H2,24,25,26);1H. The number of hydrogen-bond acceptors (Lipinski definition) is 4. The normalized spacial score (nSPS) is 14.8. The monoisotopic (exact) mass is 546 g/mol. The third kappa shape index (κ3) is 8.74. The molecule has 1 aliphatic heterocycles. The van der Waals surface area contributed by atoms with E-state index >= 15 is 0 Å². The van der Waals surface area contributed by atoms with Gasteiger partial charge in [0.05, 0.1) is 13.7 Å². The van der Waals surface area contributed by atoms with Crippen molar-refractivity contribution in [3.63, 3.8) is 0 Å². The van der Waals surface area contributed by atoms with Crippen LogP contribution in [0.2, 0.25) is 0 Å². The second kappa shape index (κ2) is 15.2. The van der Waals surface area contributed by atoms with Gasteiger partial charge in [0.2, 0.25) is 5.91 Å². The van der Waals surface area contributed by atoms with E-state index in [0.29, 0.717) is 25.0 Å². The van der Waals surface area contributed by atoms with Gasteiger partial charge in [0.15, 0.2) is 17.5 Å². The SMILES string of the molecule is CCOc1cc(CCCNC(=NC)NCCC(CC)N2CCCC2=O)ccc1OC.I. The number of amides is 1. The first-order chi connectivity index (χ1) is 14.6. The lowest BCUT2D eigenvalue weighted by atomic mass is 10.1. The first-order valence-electron chi connectivity index (χ1n) is 11.2. The van der Waals surface area contributed by atoms with Crippen molar-refractivity contribution in [3.8, 4) is 11.5 Å². The number of nitrogens with zero attached hydrogens (tertiary/aromatic N) is 2. The fourth-order valence-electron chi connectivity index (χ4n) is 3.86. The summed E-state index contributed by atoms with van der Waals surface area (Å²) < 4.78 is 11.0. The van der Waals surface area contributed by atoms with Crippen molar-refractivity contribution in [2.24, 2.45) is 4.99 Å². The molecular weight excluding hydrogens is 507 g/mol. The van der Waals surface area contributed by atoms with Gasteiger partial charge < -0.3 is 25.0 Å². The molecule has 0 radical (unpaired) electrons. The molecule has 0 spiro atoms. The molecule has 1 aliphatic rings. The molecular formula is C23H39IN4O3. The smallest absolute Gasteiger partial charge is 0.222 e. The zero-order chi connectivity index (χ0) is 21.8. The molecule has 1 atom stereocenters. The molecule has 0 aromatic heterocycles. The Balaban J connectivity index is 0.00000480. The van der Waals surface area contributed by atoms with E-state index < -0.39 is 0 Å². The van der Waals surface area contributed by atoms with E-state index in [9.17, 15) is 4.79 Å². The number of aliphatic imine (C=N–C) groups is 1. The summed E-state index contributed by atoms with van der Waals surface area (Å²) in [6.07, 6.45) is 5.56. The lowest BCUT2D eigenvalue weighted by Gasteiger charge is -2.27. The molecule has 31 heavy (non-hydrogen) atoms. The van der Waals surface area contributed by atoms with Crippen LogP contribution in [0.25, 0.3) is 0 Å². The highest BCUT2D eigenvalue weighted by molar-refractivity contribution is 14.0. The number of benzene rings is 1. The number of carbonyl (C=O) groups is 1. The number of aryl methyl sites for hydroxylation is 1. The molecule has 1 aromatic carbocycles. The van der Waals surface area contributed by atoms with Crippen molar-refractivity contribution in [1.82, 2.24) is 15.5 Å². The number of rotatable bonds is 12. The predicted octanol–water partition coefficient (Wildman–Crippen LogP) is 3.60. The second-order valence-corrected chi connectivity index (χ2v) is 7.49. The summed E-state index contributed by atoms with van der Waals surface area (Å²) in [6, 6.07) is 6.42. The zero-order valence-electron chi connectivity index (χ0n) is 19.4. The van der Waals surface area contributed by atoms with Crippen LogP contribution in [0.1, 0.15) is 51.5 Å². The Morgan fingerprint density at radius 1 is 1.23 bits per heavy atom. The number of methoxy groups -OCH3 is 1. The topological polar surface area (TPSA) is 75.2 Å². The fourth-order valence-corrected chi connectivity index (χ4v) is 3.86. The Morgan fingerprint density at radius 3 is 2.61 bits per heavy atom. The molecule has 176 valence electrons. The van der Waals surface area contributed by atoms with E-state index in [2.05, 4.69) is 34.7 Å². The number of guanidine groups is 1. The van der Waals surface area contributed by atoms with Crippen LogP contribution in [0, 0.1) is 0 Å². The third-order valence-corrected chi connectivity index (χ3v) is 5.48. The summed E-state index contributed by atoms with van der Waals surface area (Å²) in [7, 11) is 3.44. The Morgan fingerprint density at radius 2 is 2.00 bits per heavy atom. The van der Waals surface area contributed by atoms with Gasteiger partial charge >= 0.3 is 0 Å². The third-order valence-electron chi connectivity index (χ3n) is 5.48. The molecule has 0 aliphatic carbocycles.